The lowest BCUT2D eigenvalue weighted by molar-refractivity contribution is 0.153. The zero-order chi connectivity index (χ0) is 10.3. The molecule has 0 saturated heterocycles. The molecule has 1 aromatic rings. The van der Waals surface area contributed by atoms with E-state index in [0.29, 0.717) is 6.04 Å². The van der Waals surface area contributed by atoms with E-state index in [-0.39, 0.29) is 0 Å². The van der Waals surface area contributed by atoms with E-state index >= 15 is 0 Å². The maximum atomic E-state index is 3.75. The topological polar surface area (TPSA) is 12.0 Å². The Balaban J connectivity index is 1.60. The molecule has 0 amide bonds. The number of thiophene rings is 1. The third-order valence-electron chi connectivity index (χ3n) is 3.80. The van der Waals surface area contributed by atoms with Gasteiger partial charge in [-0.3, -0.25) is 0 Å². The second-order valence-corrected chi connectivity index (χ2v) is 5.73. The lowest BCUT2D eigenvalue weighted by Crippen LogP contribution is -2.48. The van der Waals surface area contributed by atoms with Gasteiger partial charge in [-0.25, -0.2) is 0 Å². The van der Waals surface area contributed by atoms with E-state index in [1.54, 1.807) is 0 Å². The minimum Gasteiger partial charge on any atom is -0.306 e. The van der Waals surface area contributed by atoms with Crippen molar-refractivity contribution >= 4 is 11.3 Å². The Labute approximate surface area is 95.2 Å². The van der Waals surface area contributed by atoms with E-state index in [0.717, 1.165) is 17.9 Å². The zero-order valence-corrected chi connectivity index (χ0v) is 9.84. The maximum absolute atomic E-state index is 3.75. The average molecular weight is 219 g/mol. The summed E-state index contributed by atoms with van der Waals surface area (Å²) < 4.78 is 0. The van der Waals surface area contributed by atoms with Crippen molar-refractivity contribution in [2.75, 3.05) is 0 Å². The van der Waals surface area contributed by atoms with E-state index in [1.807, 2.05) is 11.3 Å². The number of hydrogen-bond acceptors (Lipinski definition) is 2. The van der Waals surface area contributed by atoms with E-state index in [1.165, 1.54) is 17.7 Å². The molecule has 1 nitrogen and oxygen atoms in total. The molecule has 15 heavy (non-hydrogen) atoms. The fourth-order valence-electron chi connectivity index (χ4n) is 2.85. The molecule has 2 aliphatic rings. The Morgan fingerprint density at radius 1 is 1.53 bits per heavy atom. The van der Waals surface area contributed by atoms with Crippen LogP contribution in [-0.4, -0.2) is 6.04 Å². The highest BCUT2D eigenvalue weighted by Gasteiger charge is 2.41. The Kier molecular flexibility index (Phi) is 2.41. The Morgan fingerprint density at radius 3 is 3.20 bits per heavy atom. The maximum Gasteiger partial charge on any atom is 0.0388 e. The van der Waals surface area contributed by atoms with Gasteiger partial charge in [-0.15, -0.1) is 11.3 Å². The van der Waals surface area contributed by atoms with Crippen molar-refractivity contribution in [1.82, 2.24) is 5.32 Å². The lowest BCUT2D eigenvalue weighted by atomic mass is 9.71. The number of hydrogen-bond donors (Lipinski definition) is 1. The molecule has 0 aromatic carbocycles. The quantitative estimate of drug-likeness (QED) is 0.769. The minimum absolute atomic E-state index is 0.518. The molecule has 0 radical (unpaired) electrons. The van der Waals surface area contributed by atoms with Crippen molar-refractivity contribution in [1.29, 1.82) is 0 Å². The number of nitrogens with one attached hydrogen (secondary N) is 1. The van der Waals surface area contributed by atoms with Crippen LogP contribution in [0.25, 0.3) is 0 Å². The molecule has 1 N–H and O–H groups in total. The monoisotopic (exact) mass is 219 g/mol. The summed E-state index contributed by atoms with van der Waals surface area (Å²) in [5.74, 6) is 1.78. The van der Waals surface area contributed by atoms with Crippen LogP contribution in [0.3, 0.4) is 0 Å². The summed E-state index contributed by atoms with van der Waals surface area (Å²) in [4.78, 5) is 1.46. The fraction of sp³-hybridized carbons (Fsp3) is 0.538. The van der Waals surface area contributed by atoms with Gasteiger partial charge in [0.1, 0.15) is 0 Å². The molecule has 2 heteroatoms. The molecular weight excluding hydrogens is 202 g/mol. The number of allylic oxidation sites excluding steroid dienone is 1. The molecule has 3 rings (SSSR count). The predicted molar refractivity (Wildman–Crippen MR) is 65.0 cm³/mol. The average Bonchev–Trinajstić information content (AvgIpc) is 2.82. The third kappa shape index (κ3) is 1.66. The van der Waals surface area contributed by atoms with Crippen LogP contribution in [0.15, 0.2) is 29.7 Å². The van der Waals surface area contributed by atoms with Crippen LogP contribution >= 0.6 is 11.3 Å². The van der Waals surface area contributed by atoms with Gasteiger partial charge in [0, 0.05) is 17.0 Å². The van der Waals surface area contributed by atoms with E-state index in [9.17, 15) is 0 Å². The Morgan fingerprint density at radius 2 is 2.47 bits per heavy atom. The molecule has 0 spiro atoms. The molecule has 0 aliphatic heterocycles. The van der Waals surface area contributed by atoms with Crippen LogP contribution in [0, 0.1) is 11.8 Å². The summed E-state index contributed by atoms with van der Waals surface area (Å²) >= 11 is 1.85. The van der Waals surface area contributed by atoms with Gasteiger partial charge in [-0.05, 0) is 43.0 Å². The second kappa shape index (κ2) is 3.76. The van der Waals surface area contributed by atoms with Crippen LogP contribution in [0.2, 0.25) is 0 Å². The number of fused-ring (bicyclic) bond motifs is 1. The lowest BCUT2D eigenvalue weighted by Gasteiger charge is -2.42. The van der Waals surface area contributed by atoms with Gasteiger partial charge in [0.05, 0.1) is 0 Å². The Hall–Kier alpha value is -0.600. The summed E-state index contributed by atoms with van der Waals surface area (Å²) in [5, 5.41) is 5.91. The van der Waals surface area contributed by atoms with Gasteiger partial charge in [-0.2, -0.15) is 0 Å². The molecule has 0 bridgehead atoms. The van der Waals surface area contributed by atoms with Crippen LogP contribution in [0.1, 0.15) is 30.7 Å². The molecule has 2 aliphatic carbocycles. The first-order chi connectivity index (χ1) is 7.34. The summed E-state index contributed by atoms with van der Waals surface area (Å²) in [7, 11) is 0. The highest BCUT2D eigenvalue weighted by atomic mass is 32.1. The van der Waals surface area contributed by atoms with Crippen molar-refractivity contribution in [3.05, 3.63) is 34.5 Å². The van der Waals surface area contributed by atoms with Gasteiger partial charge in [0.15, 0.2) is 0 Å². The van der Waals surface area contributed by atoms with Crippen LogP contribution in [0.5, 0.6) is 0 Å². The first kappa shape index (κ1) is 9.61. The predicted octanol–water partition coefficient (Wildman–Crippen LogP) is 3.36. The molecule has 4 unspecified atom stereocenters. The van der Waals surface area contributed by atoms with Crippen LogP contribution in [0.4, 0.5) is 0 Å². The molecule has 1 heterocycles. The molecular formula is C13H17NS. The Bertz CT molecular complexity index is 355. The molecule has 1 saturated carbocycles. The summed E-state index contributed by atoms with van der Waals surface area (Å²) in [5.41, 5.74) is 0. The molecule has 1 aromatic heterocycles. The van der Waals surface area contributed by atoms with Crippen molar-refractivity contribution in [2.24, 2.45) is 11.8 Å². The molecule has 4 atom stereocenters. The second-order valence-electron chi connectivity index (χ2n) is 4.75. The smallest absolute Gasteiger partial charge is 0.0388 e. The standard InChI is InChI=1S/C13H17NS/c1-9(13-6-3-7-15-13)14-12-8-10-4-2-5-11(10)12/h2-3,5-7,9-12,14H,4,8H2,1H3. The fourth-order valence-corrected chi connectivity index (χ4v) is 3.59. The largest absolute Gasteiger partial charge is 0.306 e. The molecule has 1 fully saturated rings. The van der Waals surface area contributed by atoms with Gasteiger partial charge >= 0.3 is 0 Å². The minimum atomic E-state index is 0.518. The van der Waals surface area contributed by atoms with Crippen LogP contribution < -0.4 is 5.32 Å². The highest BCUT2D eigenvalue weighted by Crippen LogP contribution is 2.43. The van der Waals surface area contributed by atoms with Crippen molar-refractivity contribution < 1.29 is 0 Å². The van der Waals surface area contributed by atoms with E-state index < -0.39 is 0 Å². The molecule has 80 valence electrons. The summed E-state index contributed by atoms with van der Waals surface area (Å²) in [6.45, 7) is 2.28. The van der Waals surface area contributed by atoms with Crippen molar-refractivity contribution in [2.45, 2.75) is 31.8 Å². The summed E-state index contributed by atoms with van der Waals surface area (Å²) in [6.07, 6.45) is 7.45. The van der Waals surface area contributed by atoms with Crippen LogP contribution in [-0.2, 0) is 0 Å². The summed E-state index contributed by atoms with van der Waals surface area (Å²) in [6, 6.07) is 5.61. The first-order valence-corrected chi connectivity index (χ1v) is 6.68. The van der Waals surface area contributed by atoms with Crippen molar-refractivity contribution in [3.8, 4) is 0 Å². The normalized spacial score (nSPS) is 34.9. The number of rotatable bonds is 3. The zero-order valence-electron chi connectivity index (χ0n) is 9.02. The van der Waals surface area contributed by atoms with Gasteiger partial charge in [-0.1, -0.05) is 18.2 Å². The third-order valence-corrected chi connectivity index (χ3v) is 4.85. The van der Waals surface area contributed by atoms with E-state index in [2.05, 4.69) is 41.9 Å². The first-order valence-electron chi connectivity index (χ1n) is 5.80. The van der Waals surface area contributed by atoms with Gasteiger partial charge in [0.2, 0.25) is 0 Å². The highest BCUT2D eigenvalue weighted by molar-refractivity contribution is 7.10. The van der Waals surface area contributed by atoms with Gasteiger partial charge < -0.3 is 5.32 Å². The van der Waals surface area contributed by atoms with Gasteiger partial charge in [0.25, 0.3) is 0 Å². The van der Waals surface area contributed by atoms with Crippen molar-refractivity contribution in [3.63, 3.8) is 0 Å². The van der Waals surface area contributed by atoms with E-state index in [4.69, 9.17) is 0 Å². The SMILES string of the molecule is CC(NC1CC2CC=CC21)c1cccs1.